The lowest BCUT2D eigenvalue weighted by Crippen LogP contribution is -2.44. The number of amides is 1. The number of halogens is 1. The van der Waals surface area contributed by atoms with E-state index in [0.717, 1.165) is 37.7 Å². The molecule has 0 aliphatic heterocycles. The number of aryl methyl sites for hydroxylation is 1. The Bertz CT molecular complexity index is 492. The Morgan fingerprint density at radius 3 is 2.90 bits per heavy atom. The molecule has 1 amide bonds. The van der Waals surface area contributed by atoms with E-state index >= 15 is 0 Å². The summed E-state index contributed by atoms with van der Waals surface area (Å²) in [6.45, 7) is 1.83. The van der Waals surface area contributed by atoms with Gasteiger partial charge in [-0.1, -0.05) is 30.9 Å². The highest BCUT2D eigenvalue weighted by Gasteiger charge is 2.23. The van der Waals surface area contributed by atoms with Crippen LogP contribution in [0.25, 0.3) is 0 Å². The topological polar surface area (TPSA) is 58.6 Å². The summed E-state index contributed by atoms with van der Waals surface area (Å²) in [7, 11) is 0. The summed E-state index contributed by atoms with van der Waals surface area (Å²) >= 11 is 5.88. The molecular weight excluding hydrogens is 290 g/mol. The first-order chi connectivity index (χ1) is 10.1. The Hall–Kier alpha value is -1.26. The molecule has 0 spiro atoms. The smallest absolute Gasteiger partial charge is 0.258 e. The van der Waals surface area contributed by atoms with E-state index in [9.17, 15) is 9.90 Å². The van der Waals surface area contributed by atoms with Crippen LogP contribution in [0.15, 0.2) is 18.2 Å². The van der Waals surface area contributed by atoms with E-state index in [4.69, 9.17) is 16.3 Å². The third-order valence-electron chi connectivity index (χ3n) is 3.82. The summed E-state index contributed by atoms with van der Waals surface area (Å²) in [5.74, 6) is 0.450. The molecule has 2 N–H and O–H groups in total. The summed E-state index contributed by atoms with van der Waals surface area (Å²) < 4.78 is 5.51. The van der Waals surface area contributed by atoms with Gasteiger partial charge < -0.3 is 15.2 Å². The van der Waals surface area contributed by atoms with Crippen LogP contribution in [0.4, 0.5) is 0 Å². The highest BCUT2D eigenvalue weighted by atomic mass is 35.5. The van der Waals surface area contributed by atoms with Gasteiger partial charge in [-0.15, -0.1) is 0 Å². The lowest BCUT2D eigenvalue weighted by atomic mass is 10.1. The van der Waals surface area contributed by atoms with Crippen molar-refractivity contribution in [2.24, 2.45) is 0 Å². The Kier molecular flexibility index (Phi) is 5.88. The molecule has 0 aromatic heterocycles. The fourth-order valence-electron chi connectivity index (χ4n) is 2.62. The van der Waals surface area contributed by atoms with Gasteiger partial charge >= 0.3 is 0 Å². The molecule has 116 valence electrons. The average molecular weight is 312 g/mol. The minimum absolute atomic E-state index is 0.0499. The van der Waals surface area contributed by atoms with Gasteiger partial charge in [-0.05, 0) is 43.5 Å². The number of ether oxygens (including phenoxy) is 1. The number of carbonyl (C=O) groups is 1. The molecule has 1 saturated carbocycles. The van der Waals surface area contributed by atoms with Gasteiger partial charge in [-0.3, -0.25) is 4.79 Å². The largest absolute Gasteiger partial charge is 0.484 e. The fraction of sp³-hybridized carbons (Fsp3) is 0.562. The van der Waals surface area contributed by atoms with Crippen LogP contribution in [0.2, 0.25) is 5.02 Å². The van der Waals surface area contributed by atoms with Crippen molar-refractivity contribution in [3.8, 4) is 5.75 Å². The van der Waals surface area contributed by atoms with Crippen LogP contribution in [0.5, 0.6) is 5.75 Å². The quantitative estimate of drug-likeness (QED) is 0.841. The van der Waals surface area contributed by atoms with Crippen LogP contribution in [-0.4, -0.2) is 29.8 Å². The van der Waals surface area contributed by atoms with Gasteiger partial charge in [0.2, 0.25) is 0 Å². The highest BCUT2D eigenvalue weighted by Crippen LogP contribution is 2.22. The zero-order chi connectivity index (χ0) is 15.2. The molecule has 0 saturated heterocycles. The molecule has 0 bridgehead atoms. The van der Waals surface area contributed by atoms with E-state index < -0.39 is 6.10 Å². The lowest BCUT2D eigenvalue weighted by molar-refractivity contribution is -0.124. The van der Waals surface area contributed by atoms with E-state index in [1.54, 1.807) is 18.2 Å². The van der Waals surface area contributed by atoms with Crippen molar-refractivity contribution < 1.29 is 14.6 Å². The number of benzene rings is 1. The van der Waals surface area contributed by atoms with Gasteiger partial charge in [0, 0.05) is 5.02 Å². The zero-order valence-corrected chi connectivity index (χ0v) is 13.0. The second-order valence-electron chi connectivity index (χ2n) is 5.58. The lowest BCUT2D eigenvalue weighted by Gasteiger charge is -2.21. The second kappa shape index (κ2) is 7.66. The van der Waals surface area contributed by atoms with E-state index in [-0.39, 0.29) is 18.6 Å². The maximum absolute atomic E-state index is 11.9. The summed E-state index contributed by atoms with van der Waals surface area (Å²) in [6.07, 6.45) is 4.31. The molecule has 0 radical (unpaired) electrons. The van der Waals surface area contributed by atoms with Crippen LogP contribution in [0.3, 0.4) is 0 Å². The number of hydrogen-bond donors (Lipinski definition) is 2. The molecule has 1 aliphatic rings. The highest BCUT2D eigenvalue weighted by molar-refractivity contribution is 6.30. The molecule has 0 heterocycles. The molecule has 1 fully saturated rings. The zero-order valence-electron chi connectivity index (χ0n) is 12.3. The Morgan fingerprint density at radius 1 is 1.38 bits per heavy atom. The Balaban J connectivity index is 1.84. The molecule has 2 unspecified atom stereocenters. The molecule has 1 aromatic carbocycles. The van der Waals surface area contributed by atoms with Gasteiger partial charge in [-0.25, -0.2) is 0 Å². The van der Waals surface area contributed by atoms with E-state index in [1.807, 2.05) is 6.92 Å². The maximum atomic E-state index is 11.9. The number of aliphatic hydroxyl groups is 1. The summed E-state index contributed by atoms with van der Waals surface area (Å²) in [5.41, 5.74) is 0.893. The van der Waals surface area contributed by atoms with Crippen molar-refractivity contribution in [3.63, 3.8) is 0 Å². The standard InChI is InChI=1S/C16H22ClNO3/c1-11-9-12(17)7-8-15(11)21-10-16(20)18-13-5-3-2-4-6-14(13)19/h7-9,13-14,19H,2-6,10H2,1H3,(H,18,20). The molecule has 1 aromatic rings. The van der Waals surface area contributed by atoms with Crippen molar-refractivity contribution in [1.82, 2.24) is 5.32 Å². The number of carbonyl (C=O) groups excluding carboxylic acids is 1. The second-order valence-corrected chi connectivity index (χ2v) is 6.01. The van der Waals surface area contributed by atoms with E-state index in [1.165, 1.54) is 0 Å². The fourth-order valence-corrected chi connectivity index (χ4v) is 2.85. The Labute approximate surface area is 130 Å². The van der Waals surface area contributed by atoms with Gasteiger partial charge in [0.1, 0.15) is 5.75 Å². The maximum Gasteiger partial charge on any atom is 0.258 e. The molecule has 1 aliphatic carbocycles. The van der Waals surface area contributed by atoms with Crippen LogP contribution in [-0.2, 0) is 4.79 Å². The normalized spacial score (nSPS) is 22.4. The molecule has 21 heavy (non-hydrogen) atoms. The molecular formula is C16H22ClNO3. The van der Waals surface area contributed by atoms with Crippen molar-refractivity contribution in [3.05, 3.63) is 28.8 Å². The molecule has 2 rings (SSSR count). The SMILES string of the molecule is Cc1cc(Cl)ccc1OCC(=O)NC1CCCCCC1O. The third kappa shape index (κ3) is 4.90. The number of rotatable bonds is 4. The van der Waals surface area contributed by atoms with Gasteiger partial charge in [-0.2, -0.15) is 0 Å². The van der Waals surface area contributed by atoms with Crippen LogP contribution < -0.4 is 10.1 Å². The summed E-state index contributed by atoms with van der Waals surface area (Å²) in [6, 6.07) is 5.13. The predicted molar refractivity (Wildman–Crippen MR) is 82.7 cm³/mol. The molecule has 4 nitrogen and oxygen atoms in total. The number of hydrogen-bond acceptors (Lipinski definition) is 3. The van der Waals surface area contributed by atoms with E-state index in [2.05, 4.69) is 5.32 Å². The van der Waals surface area contributed by atoms with Crippen LogP contribution in [0.1, 0.15) is 37.7 Å². The van der Waals surface area contributed by atoms with Crippen molar-refractivity contribution >= 4 is 17.5 Å². The van der Waals surface area contributed by atoms with E-state index in [0.29, 0.717) is 10.8 Å². The first-order valence-electron chi connectivity index (χ1n) is 7.42. The number of aliphatic hydroxyl groups excluding tert-OH is 1. The van der Waals surface area contributed by atoms with Gasteiger partial charge in [0.25, 0.3) is 5.91 Å². The first-order valence-corrected chi connectivity index (χ1v) is 7.80. The van der Waals surface area contributed by atoms with Crippen LogP contribution in [0, 0.1) is 6.92 Å². The minimum atomic E-state index is -0.450. The summed E-state index contributed by atoms with van der Waals surface area (Å²) in [4.78, 5) is 11.9. The minimum Gasteiger partial charge on any atom is -0.484 e. The predicted octanol–water partition coefficient (Wildman–Crippen LogP) is 2.84. The van der Waals surface area contributed by atoms with Crippen molar-refractivity contribution in [2.45, 2.75) is 51.2 Å². The third-order valence-corrected chi connectivity index (χ3v) is 4.06. The van der Waals surface area contributed by atoms with Gasteiger partial charge in [0.05, 0.1) is 12.1 Å². The molecule has 2 atom stereocenters. The van der Waals surface area contributed by atoms with Gasteiger partial charge in [0.15, 0.2) is 6.61 Å². The average Bonchev–Trinajstić information content (AvgIpc) is 2.63. The number of nitrogens with one attached hydrogen (secondary N) is 1. The van der Waals surface area contributed by atoms with Crippen molar-refractivity contribution in [2.75, 3.05) is 6.61 Å². The Morgan fingerprint density at radius 2 is 2.14 bits per heavy atom. The monoisotopic (exact) mass is 311 g/mol. The molecule has 5 heteroatoms. The van der Waals surface area contributed by atoms with Crippen molar-refractivity contribution in [1.29, 1.82) is 0 Å². The first kappa shape index (κ1) is 16.1. The summed E-state index contributed by atoms with van der Waals surface area (Å²) in [5, 5.41) is 13.5. The van der Waals surface area contributed by atoms with Crippen LogP contribution >= 0.6 is 11.6 Å².